The molecule has 0 amide bonds. The molecule has 1 aromatic carbocycles. The summed E-state index contributed by atoms with van der Waals surface area (Å²) in [6.45, 7) is 0. The SMILES string of the molecule is O=C1CC=C2c3ccc(-n4ccnc4)cc3CC2C1. The number of fused-ring (bicyclic) bond motifs is 3. The maximum atomic E-state index is 11.6. The molecule has 0 bridgehead atoms. The Labute approximate surface area is 111 Å². The first-order valence-electron chi connectivity index (χ1n) is 6.64. The van der Waals surface area contributed by atoms with Gasteiger partial charge in [0.1, 0.15) is 5.78 Å². The molecule has 0 radical (unpaired) electrons. The van der Waals surface area contributed by atoms with Crippen LogP contribution in [0.5, 0.6) is 0 Å². The van der Waals surface area contributed by atoms with E-state index in [2.05, 4.69) is 29.3 Å². The second-order valence-electron chi connectivity index (χ2n) is 5.32. The van der Waals surface area contributed by atoms with Gasteiger partial charge in [0, 0.05) is 30.9 Å². The Morgan fingerprint density at radius 2 is 2.21 bits per heavy atom. The molecule has 1 heterocycles. The Bertz CT molecular complexity index is 683. The van der Waals surface area contributed by atoms with Gasteiger partial charge in [-0.2, -0.15) is 0 Å². The average Bonchev–Trinajstić information content (AvgIpc) is 3.04. The lowest BCUT2D eigenvalue weighted by Crippen LogP contribution is -2.11. The molecule has 2 aromatic rings. The molecular formula is C16H14N2O. The standard InChI is InChI=1S/C16H14N2O/c19-14-2-4-16-12(9-14)7-11-8-13(1-3-15(11)16)18-6-5-17-10-18/h1,3-6,8,10,12H,2,7,9H2. The largest absolute Gasteiger partial charge is 0.306 e. The lowest BCUT2D eigenvalue weighted by Gasteiger charge is -2.16. The predicted octanol–water partition coefficient (Wildman–Crippen LogP) is 2.79. The van der Waals surface area contributed by atoms with Crippen LogP contribution in [0.2, 0.25) is 0 Å². The number of carbonyl (C=O) groups excluding carboxylic acids is 1. The summed E-state index contributed by atoms with van der Waals surface area (Å²) in [7, 11) is 0. The van der Waals surface area contributed by atoms with E-state index >= 15 is 0 Å². The second kappa shape index (κ2) is 3.92. The van der Waals surface area contributed by atoms with Crippen LogP contribution in [0.1, 0.15) is 24.0 Å². The third kappa shape index (κ3) is 1.65. The molecule has 0 aliphatic heterocycles. The van der Waals surface area contributed by atoms with Crippen molar-refractivity contribution in [2.45, 2.75) is 19.3 Å². The van der Waals surface area contributed by atoms with E-state index in [1.165, 1.54) is 16.7 Å². The van der Waals surface area contributed by atoms with Crippen molar-refractivity contribution >= 4 is 11.4 Å². The molecule has 0 N–H and O–H groups in total. The summed E-state index contributed by atoms with van der Waals surface area (Å²) in [5, 5.41) is 0. The van der Waals surface area contributed by atoms with E-state index in [0.29, 0.717) is 24.5 Å². The topological polar surface area (TPSA) is 34.9 Å². The van der Waals surface area contributed by atoms with E-state index in [1.54, 1.807) is 6.20 Å². The zero-order valence-electron chi connectivity index (χ0n) is 10.5. The van der Waals surface area contributed by atoms with Crippen molar-refractivity contribution in [1.82, 2.24) is 9.55 Å². The maximum absolute atomic E-state index is 11.6. The van der Waals surface area contributed by atoms with Gasteiger partial charge < -0.3 is 4.57 Å². The molecule has 0 spiro atoms. The van der Waals surface area contributed by atoms with Gasteiger partial charge in [0.2, 0.25) is 0 Å². The van der Waals surface area contributed by atoms with E-state index in [1.807, 2.05) is 17.1 Å². The van der Waals surface area contributed by atoms with Gasteiger partial charge >= 0.3 is 0 Å². The van der Waals surface area contributed by atoms with Crippen LogP contribution in [0.15, 0.2) is 43.0 Å². The van der Waals surface area contributed by atoms with Crippen LogP contribution >= 0.6 is 0 Å². The highest BCUT2D eigenvalue weighted by atomic mass is 16.1. The van der Waals surface area contributed by atoms with Crippen LogP contribution < -0.4 is 0 Å². The average molecular weight is 250 g/mol. The number of carbonyl (C=O) groups is 1. The number of benzene rings is 1. The number of ketones is 1. The van der Waals surface area contributed by atoms with Crippen molar-refractivity contribution in [3.63, 3.8) is 0 Å². The first kappa shape index (κ1) is 10.7. The van der Waals surface area contributed by atoms with Crippen LogP contribution in [0.4, 0.5) is 0 Å². The molecule has 0 saturated heterocycles. The summed E-state index contributed by atoms with van der Waals surface area (Å²) < 4.78 is 2.02. The fourth-order valence-electron chi connectivity index (χ4n) is 3.24. The number of allylic oxidation sites excluding steroid dienone is 2. The molecule has 0 fully saturated rings. The highest BCUT2D eigenvalue weighted by molar-refractivity contribution is 5.90. The number of hydrogen-bond donors (Lipinski definition) is 0. The molecule has 3 nitrogen and oxygen atoms in total. The van der Waals surface area contributed by atoms with Gasteiger partial charge in [-0.15, -0.1) is 0 Å². The van der Waals surface area contributed by atoms with Crippen LogP contribution in [-0.4, -0.2) is 15.3 Å². The molecule has 1 unspecified atom stereocenters. The summed E-state index contributed by atoms with van der Waals surface area (Å²) in [6, 6.07) is 6.53. The van der Waals surface area contributed by atoms with Crippen LogP contribution in [-0.2, 0) is 11.2 Å². The van der Waals surface area contributed by atoms with E-state index < -0.39 is 0 Å². The molecular weight excluding hydrogens is 236 g/mol. The quantitative estimate of drug-likeness (QED) is 0.780. The van der Waals surface area contributed by atoms with Crippen molar-refractivity contribution in [3.05, 3.63) is 54.1 Å². The number of rotatable bonds is 1. The zero-order chi connectivity index (χ0) is 12.8. The van der Waals surface area contributed by atoms with Gasteiger partial charge in [0.25, 0.3) is 0 Å². The van der Waals surface area contributed by atoms with Crippen LogP contribution in [0.3, 0.4) is 0 Å². The van der Waals surface area contributed by atoms with E-state index in [0.717, 1.165) is 12.1 Å². The summed E-state index contributed by atoms with van der Waals surface area (Å²) in [5.74, 6) is 0.783. The first-order chi connectivity index (χ1) is 9.31. The molecule has 1 atom stereocenters. The van der Waals surface area contributed by atoms with Gasteiger partial charge in [0.05, 0.1) is 6.33 Å². The van der Waals surface area contributed by atoms with Crippen molar-refractivity contribution in [1.29, 1.82) is 0 Å². The smallest absolute Gasteiger partial charge is 0.137 e. The molecule has 3 heteroatoms. The van der Waals surface area contributed by atoms with Crippen molar-refractivity contribution in [3.8, 4) is 5.69 Å². The zero-order valence-corrected chi connectivity index (χ0v) is 10.5. The van der Waals surface area contributed by atoms with Crippen molar-refractivity contribution in [2.75, 3.05) is 0 Å². The molecule has 0 saturated carbocycles. The maximum Gasteiger partial charge on any atom is 0.137 e. The van der Waals surface area contributed by atoms with Crippen LogP contribution in [0.25, 0.3) is 11.3 Å². The minimum Gasteiger partial charge on any atom is -0.306 e. The highest BCUT2D eigenvalue weighted by Gasteiger charge is 2.31. The van der Waals surface area contributed by atoms with Crippen LogP contribution in [0, 0.1) is 5.92 Å². The highest BCUT2D eigenvalue weighted by Crippen LogP contribution is 2.42. The lowest BCUT2D eigenvalue weighted by atomic mass is 9.88. The minimum atomic E-state index is 0.372. The van der Waals surface area contributed by atoms with Gasteiger partial charge in [0.15, 0.2) is 0 Å². The Balaban J connectivity index is 1.77. The lowest BCUT2D eigenvalue weighted by molar-refractivity contribution is -0.119. The number of hydrogen-bond acceptors (Lipinski definition) is 2. The van der Waals surface area contributed by atoms with Gasteiger partial charge in [-0.1, -0.05) is 12.1 Å². The Morgan fingerprint density at radius 1 is 1.26 bits per heavy atom. The Kier molecular flexibility index (Phi) is 2.21. The number of nitrogens with zero attached hydrogens (tertiary/aromatic N) is 2. The summed E-state index contributed by atoms with van der Waals surface area (Å²) >= 11 is 0. The molecule has 94 valence electrons. The molecule has 1 aromatic heterocycles. The van der Waals surface area contributed by atoms with Gasteiger partial charge in [-0.25, -0.2) is 4.98 Å². The van der Waals surface area contributed by atoms with E-state index in [4.69, 9.17) is 0 Å². The van der Waals surface area contributed by atoms with Crippen molar-refractivity contribution in [2.24, 2.45) is 5.92 Å². The Hall–Kier alpha value is -2.16. The van der Waals surface area contributed by atoms with Gasteiger partial charge in [-0.05, 0) is 41.2 Å². The third-order valence-electron chi connectivity index (χ3n) is 4.13. The molecule has 2 aliphatic rings. The number of Topliss-reactive ketones (excluding diaryl/α,β-unsaturated/α-hetero) is 1. The third-order valence-corrected chi connectivity index (χ3v) is 4.13. The summed E-state index contributed by atoms with van der Waals surface area (Å²) in [5.41, 5.74) is 5.21. The Morgan fingerprint density at radius 3 is 3.05 bits per heavy atom. The van der Waals surface area contributed by atoms with Crippen molar-refractivity contribution < 1.29 is 4.79 Å². The van der Waals surface area contributed by atoms with E-state index in [9.17, 15) is 4.79 Å². The monoisotopic (exact) mass is 250 g/mol. The number of imidazole rings is 1. The molecule has 4 rings (SSSR count). The summed E-state index contributed by atoms with van der Waals surface area (Å²) in [6.07, 6.45) is 9.98. The molecule has 2 aliphatic carbocycles. The minimum absolute atomic E-state index is 0.372. The first-order valence-corrected chi connectivity index (χ1v) is 6.64. The number of aromatic nitrogens is 2. The normalized spacial score (nSPS) is 20.9. The van der Waals surface area contributed by atoms with E-state index in [-0.39, 0.29) is 0 Å². The molecule has 19 heavy (non-hydrogen) atoms. The fourth-order valence-corrected chi connectivity index (χ4v) is 3.24. The summed E-state index contributed by atoms with van der Waals surface area (Å²) in [4.78, 5) is 15.6. The van der Waals surface area contributed by atoms with Gasteiger partial charge in [-0.3, -0.25) is 4.79 Å². The predicted molar refractivity (Wildman–Crippen MR) is 73.0 cm³/mol. The second-order valence-corrected chi connectivity index (χ2v) is 5.32. The fraction of sp³-hybridized carbons (Fsp3) is 0.250.